The number of hydrogen-bond acceptors (Lipinski definition) is 7. The zero-order valence-corrected chi connectivity index (χ0v) is 15.9. The molecule has 3 atom stereocenters. The maximum atomic E-state index is 11.6. The number of aryl methyl sites for hydroxylation is 1. The highest BCUT2D eigenvalue weighted by atomic mass is 16.7. The van der Waals surface area contributed by atoms with Gasteiger partial charge in [-0.2, -0.15) is 5.06 Å². The summed E-state index contributed by atoms with van der Waals surface area (Å²) in [7, 11) is 0. The van der Waals surface area contributed by atoms with E-state index < -0.39 is 18.1 Å². The molecule has 0 bridgehead atoms. The molecule has 0 unspecified atom stereocenters. The lowest BCUT2D eigenvalue weighted by molar-refractivity contribution is -0.244. The fourth-order valence-corrected chi connectivity index (χ4v) is 3.10. The molecule has 146 valence electrons. The molecule has 1 aliphatic heterocycles. The SMILES string of the molecule is Cc1ccnc(N2CCN(O[C@@H](CC(C)C)[C@H](O)C(=O)NO)[C@@H](C)C2)c1. The number of rotatable bonds is 7. The molecule has 26 heavy (non-hydrogen) atoms. The predicted molar refractivity (Wildman–Crippen MR) is 97.6 cm³/mol. The van der Waals surface area contributed by atoms with Crippen molar-refractivity contribution in [3.8, 4) is 0 Å². The van der Waals surface area contributed by atoms with E-state index in [9.17, 15) is 9.90 Å². The first kappa shape index (κ1) is 20.6. The first-order chi connectivity index (χ1) is 12.3. The Bertz CT molecular complexity index is 598. The number of nitrogens with zero attached hydrogens (tertiary/aromatic N) is 3. The molecule has 1 fully saturated rings. The molecule has 1 aliphatic rings. The van der Waals surface area contributed by atoms with E-state index >= 15 is 0 Å². The van der Waals surface area contributed by atoms with Crippen LogP contribution in [0.4, 0.5) is 5.82 Å². The van der Waals surface area contributed by atoms with E-state index in [4.69, 9.17) is 10.0 Å². The van der Waals surface area contributed by atoms with Crippen LogP contribution in [0.3, 0.4) is 0 Å². The number of aliphatic hydroxyl groups is 1. The van der Waals surface area contributed by atoms with Crippen LogP contribution < -0.4 is 10.4 Å². The van der Waals surface area contributed by atoms with Crippen LogP contribution in [-0.2, 0) is 9.63 Å². The number of carbonyl (C=O) groups excluding carboxylic acids is 1. The van der Waals surface area contributed by atoms with Gasteiger partial charge in [0.1, 0.15) is 11.9 Å². The smallest absolute Gasteiger partial charge is 0.274 e. The van der Waals surface area contributed by atoms with E-state index in [0.717, 1.165) is 24.5 Å². The van der Waals surface area contributed by atoms with Crippen LogP contribution in [-0.4, -0.2) is 64.2 Å². The molecule has 1 saturated heterocycles. The number of amides is 1. The van der Waals surface area contributed by atoms with E-state index in [0.29, 0.717) is 13.0 Å². The van der Waals surface area contributed by atoms with Gasteiger partial charge in [-0.1, -0.05) is 13.8 Å². The second-order valence-electron chi connectivity index (χ2n) is 7.32. The van der Waals surface area contributed by atoms with Gasteiger partial charge in [0.25, 0.3) is 5.91 Å². The number of carbonyl (C=O) groups is 1. The highest BCUT2D eigenvalue weighted by molar-refractivity contribution is 5.79. The molecule has 8 heteroatoms. The first-order valence-electron chi connectivity index (χ1n) is 9.04. The van der Waals surface area contributed by atoms with Crippen molar-refractivity contribution in [1.82, 2.24) is 15.5 Å². The van der Waals surface area contributed by atoms with E-state index in [1.165, 1.54) is 5.48 Å². The summed E-state index contributed by atoms with van der Waals surface area (Å²) in [6.07, 6.45) is 0.168. The van der Waals surface area contributed by atoms with E-state index in [-0.39, 0.29) is 12.0 Å². The minimum atomic E-state index is -1.42. The van der Waals surface area contributed by atoms with Gasteiger partial charge in [-0.25, -0.2) is 10.5 Å². The lowest BCUT2D eigenvalue weighted by atomic mass is 10.0. The second kappa shape index (κ2) is 9.27. The monoisotopic (exact) mass is 366 g/mol. The van der Waals surface area contributed by atoms with Gasteiger partial charge in [-0.05, 0) is 43.9 Å². The van der Waals surface area contributed by atoms with Crippen LogP contribution in [0, 0.1) is 12.8 Å². The fourth-order valence-electron chi connectivity index (χ4n) is 3.10. The van der Waals surface area contributed by atoms with Gasteiger partial charge in [0.2, 0.25) is 0 Å². The Labute approximate surface area is 154 Å². The molecule has 1 aromatic rings. The number of pyridine rings is 1. The molecule has 0 radical (unpaired) electrons. The fraction of sp³-hybridized carbons (Fsp3) is 0.667. The van der Waals surface area contributed by atoms with Crippen LogP contribution in [0.5, 0.6) is 0 Å². The van der Waals surface area contributed by atoms with Crippen LogP contribution in [0.25, 0.3) is 0 Å². The zero-order valence-electron chi connectivity index (χ0n) is 15.9. The van der Waals surface area contributed by atoms with E-state index in [1.807, 2.05) is 38.8 Å². The average molecular weight is 366 g/mol. The lowest BCUT2D eigenvalue weighted by Crippen LogP contribution is -2.55. The number of nitrogens with one attached hydrogen (secondary N) is 1. The Hall–Kier alpha value is -1.74. The standard InChI is InChI=1S/C18H30N4O4/c1-12(2)9-15(17(23)18(24)20-25)26-22-8-7-21(11-14(22)4)16-10-13(3)5-6-19-16/h5-6,10,12,14-15,17,23,25H,7-9,11H2,1-4H3,(H,20,24)/t14-,15-,17-/m0/s1. The van der Waals surface area contributed by atoms with Gasteiger partial charge < -0.3 is 10.0 Å². The maximum absolute atomic E-state index is 11.6. The Balaban J connectivity index is 2.01. The quantitative estimate of drug-likeness (QED) is 0.491. The third-order valence-electron chi connectivity index (χ3n) is 4.50. The van der Waals surface area contributed by atoms with Gasteiger partial charge >= 0.3 is 0 Å². The van der Waals surface area contributed by atoms with Crippen molar-refractivity contribution in [3.63, 3.8) is 0 Å². The number of piperazine rings is 1. The minimum Gasteiger partial charge on any atom is -0.380 e. The molecular formula is C18H30N4O4. The van der Waals surface area contributed by atoms with Crippen molar-refractivity contribution < 1.29 is 19.9 Å². The van der Waals surface area contributed by atoms with Gasteiger partial charge in [0, 0.05) is 25.8 Å². The largest absolute Gasteiger partial charge is 0.380 e. The highest BCUT2D eigenvalue weighted by Crippen LogP contribution is 2.21. The topological polar surface area (TPSA) is 98.2 Å². The maximum Gasteiger partial charge on any atom is 0.274 e. The molecular weight excluding hydrogens is 336 g/mol. The molecule has 1 amide bonds. The number of anilines is 1. The number of aliphatic hydroxyl groups excluding tert-OH is 1. The van der Waals surface area contributed by atoms with Crippen molar-refractivity contribution in [1.29, 1.82) is 0 Å². The highest BCUT2D eigenvalue weighted by Gasteiger charge is 2.33. The second-order valence-corrected chi connectivity index (χ2v) is 7.32. The molecule has 8 nitrogen and oxygen atoms in total. The molecule has 0 spiro atoms. The number of hydroxylamine groups is 3. The summed E-state index contributed by atoms with van der Waals surface area (Å²) >= 11 is 0. The van der Waals surface area contributed by atoms with Crippen molar-refractivity contribution in [3.05, 3.63) is 23.9 Å². The minimum absolute atomic E-state index is 0.0603. The molecule has 3 N–H and O–H groups in total. The summed E-state index contributed by atoms with van der Waals surface area (Å²) in [5.41, 5.74) is 2.66. The summed E-state index contributed by atoms with van der Waals surface area (Å²) in [5.74, 6) is 0.315. The van der Waals surface area contributed by atoms with Gasteiger partial charge in [0.05, 0.1) is 6.04 Å². The van der Waals surface area contributed by atoms with Crippen LogP contribution in [0.1, 0.15) is 32.8 Å². The normalized spacial score (nSPS) is 20.9. The summed E-state index contributed by atoms with van der Waals surface area (Å²) in [6, 6.07) is 4.08. The number of aromatic nitrogens is 1. The summed E-state index contributed by atoms with van der Waals surface area (Å²) < 4.78 is 0. The Kier molecular flexibility index (Phi) is 7.33. The third-order valence-corrected chi connectivity index (χ3v) is 4.50. The van der Waals surface area contributed by atoms with Crippen molar-refractivity contribution in [2.45, 2.75) is 52.4 Å². The lowest BCUT2D eigenvalue weighted by Gasteiger charge is -2.41. The van der Waals surface area contributed by atoms with E-state index in [1.54, 1.807) is 6.20 Å². The van der Waals surface area contributed by atoms with Gasteiger partial charge in [0.15, 0.2) is 6.10 Å². The third kappa shape index (κ3) is 5.38. The average Bonchev–Trinajstić information content (AvgIpc) is 2.61. The van der Waals surface area contributed by atoms with Gasteiger partial charge in [-0.15, -0.1) is 0 Å². The van der Waals surface area contributed by atoms with Crippen LogP contribution in [0.2, 0.25) is 0 Å². The molecule has 1 aromatic heterocycles. The molecule has 0 aliphatic carbocycles. The van der Waals surface area contributed by atoms with Gasteiger partial charge in [-0.3, -0.25) is 14.8 Å². The molecule has 2 rings (SSSR count). The van der Waals surface area contributed by atoms with Crippen molar-refractivity contribution in [2.75, 3.05) is 24.5 Å². The Morgan fingerprint density at radius 2 is 2.19 bits per heavy atom. The van der Waals surface area contributed by atoms with Crippen LogP contribution in [0.15, 0.2) is 18.3 Å². The molecule has 0 saturated carbocycles. The van der Waals surface area contributed by atoms with E-state index in [2.05, 4.69) is 16.0 Å². The molecule has 2 heterocycles. The summed E-state index contributed by atoms with van der Waals surface area (Å²) in [4.78, 5) is 24.2. The number of hydrogen-bond donors (Lipinski definition) is 3. The van der Waals surface area contributed by atoms with Crippen molar-refractivity contribution >= 4 is 11.7 Å². The van der Waals surface area contributed by atoms with Crippen LogP contribution >= 0.6 is 0 Å². The summed E-state index contributed by atoms with van der Waals surface area (Å²) in [5, 5.41) is 20.8. The Morgan fingerprint density at radius 1 is 1.46 bits per heavy atom. The summed E-state index contributed by atoms with van der Waals surface area (Å²) in [6.45, 7) is 10.1. The molecule has 0 aromatic carbocycles. The van der Waals surface area contributed by atoms with Crippen molar-refractivity contribution in [2.24, 2.45) is 5.92 Å². The zero-order chi connectivity index (χ0) is 19.3. The Morgan fingerprint density at radius 3 is 2.77 bits per heavy atom. The predicted octanol–water partition coefficient (Wildman–Crippen LogP) is 1.11. The first-order valence-corrected chi connectivity index (χ1v) is 9.04.